The van der Waals surface area contributed by atoms with Gasteiger partial charge in [-0.2, -0.15) is 5.10 Å². The van der Waals surface area contributed by atoms with Crippen LogP contribution in [0, 0.1) is 5.92 Å². The second kappa shape index (κ2) is 10.2. The molecule has 8 nitrogen and oxygen atoms in total. The second-order valence-electron chi connectivity index (χ2n) is 7.97. The van der Waals surface area contributed by atoms with E-state index in [4.69, 9.17) is 10.1 Å². The lowest BCUT2D eigenvalue weighted by Crippen LogP contribution is -2.47. The third kappa shape index (κ3) is 5.38. The molecule has 0 unspecified atom stereocenters. The first-order valence-electron chi connectivity index (χ1n) is 10.4. The average molecular weight is 422 g/mol. The Balaban J connectivity index is 0.00000240. The van der Waals surface area contributed by atoms with E-state index in [2.05, 4.69) is 31.7 Å². The maximum Gasteiger partial charge on any atom is 0.172 e. The van der Waals surface area contributed by atoms with Crippen LogP contribution in [0.25, 0.3) is 0 Å². The van der Waals surface area contributed by atoms with E-state index >= 15 is 0 Å². The maximum absolute atomic E-state index is 9.03. The lowest BCUT2D eigenvalue weighted by atomic mass is 9.99. The normalized spacial score (nSPS) is 18.7. The number of hydrogen-bond acceptors (Lipinski definition) is 7. The van der Waals surface area contributed by atoms with Gasteiger partial charge in [-0.1, -0.05) is 6.92 Å². The SMILES string of the molecule is CC1CCN(c2nccnc2N2CCN(Cc3cnn(CCO)c3)CC2)CC1.Cl. The molecule has 4 heterocycles. The van der Waals surface area contributed by atoms with Crippen molar-refractivity contribution in [2.75, 3.05) is 55.7 Å². The smallest absolute Gasteiger partial charge is 0.172 e. The molecule has 0 spiro atoms. The van der Waals surface area contributed by atoms with Crippen LogP contribution in [0.5, 0.6) is 0 Å². The van der Waals surface area contributed by atoms with Crippen molar-refractivity contribution in [2.45, 2.75) is 32.9 Å². The molecule has 160 valence electrons. The molecule has 29 heavy (non-hydrogen) atoms. The van der Waals surface area contributed by atoms with Crippen LogP contribution in [0.3, 0.4) is 0 Å². The predicted octanol–water partition coefficient (Wildman–Crippen LogP) is 1.65. The Hall–Kier alpha value is -1.90. The number of anilines is 2. The number of nitrogens with zero attached hydrogens (tertiary/aromatic N) is 7. The molecule has 9 heteroatoms. The summed E-state index contributed by atoms with van der Waals surface area (Å²) >= 11 is 0. The molecule has 0 amide bonds. The maximum atomic E-state index is 9.03. The molecule has 0 aromatic carbocycles. The summed E-state index contributed by atoms with van der Waals surface area (Å²) in [6.07, 6.45) is 10.0. The van der Waals surface area contributed by atoms with Crippen LogP contribution in [0.2, 0.25) is 0 Å². The summed E-state index contributed by atoms with van der Waals surface area (Å²) < 4.78 is 1.80. The number of rotatable bonds is 6. The van der Waals surface area contributed by atoms with Gasteiger partial charge in [0.15, 0.2) is 11.6 Å². The third-order valence-electron chi connectivity index (χ3n) is 5.84. The van der Waals surface area contributed by atoms with Crippen molar-refractivity contribution in [3.8, 4) is 0 Å². The largest absolute Gasteiger partial charge is 0.394 e. The highest BCUT2D eigenvalue weighted by Crippen LogP contribution is 2.29. The van der Waals surface area contributed by atoms with E-state index in [9.17, 15) is 0 Å². The summed E-state index contributed by atoms with van der Waals surface area (Å²) in [6.45, 7) is 9.97. The van der Waals surface area contributed by atoms with Gasteiger partial charge in [0.2, 0.25) is 0 Å². The Bertz CT molecular complexity index is 755. The van der Waals surface area contributed by atoms with E-state index in [1.807, 2.05) is 24.8 Å². The van der Waals surface area contributed by atoms with Crippen molar-refractivity contribution in [1.82, 2.24) is 24.6 Å². The number of aliphatic hydroxyl groups excluding tert-OH is 1. The summed E-state index contributed by atoms with van der Waals surface area (Å²) in [6, 6.07) is 0. The highest BCUT2D eigenvalue weighted by atomic mass is 35.5. The fourth-order valence-electron chi connectivity index (χ4n) is 4.08. The molecule has 2 aromatic heterocycles. The minimum Gasteiger partial charge on any atom is -0.394 e. The van der Waals surface area contributed by atoms with Crippen LogP contribution < -0.4 is 9.80 Å². The fourth-order valence-corrected chi connectivity index (χ4v) is 4.08. The van der Waals surface area contributed by atoms with Gasteiger partial charge in [0.05, 0.1) is 19.3 Å². The number of aliphatic hydroxyl groups is 1. The number of aromatic nitrogens is 4. The third-order valence-corrected chi connectivity index (χ3v) is 5.84. The molecule has 0 aliphatic carbocycles. The number of piperazine rings is 1. The first-order chi connectivity index (χ1) is 13.7. The van der Waals surface area contributed by atoms with Gasteiger partial charge in [-0.3, -0.25) is 9.58 Å². The Morgan fingerprint density at radius 1 is 0.966 bits per heavy atom. The minimum absolute atomic E-state index is 0. The number of piperidine rings is 1. The van der Waals surface area contributed by atoms with Gasteiger partial charge in [0, 0.05) is 70.0 Å². The summed E-state index contributed by atoms with van der Waals surface area (Å²) in [5.74, 6) is 2.89. The molecule has 0 saturated carbocycles. The Morgan fingerprint density at radius 2 is 1.59 bits per heavy atom. The zero-order valence-corrected chi connectivity index (χ0v) is 18.0. The van der Waals surface area contributed by atoms with Crippen molar-refractivity contribution >= 4 is 24.0 Å². The highest BCUT2D eigenvalue weighted by molar-refractivity contribution is 5.85. The quantitative estimate of drug-likeness (QED) is 0.760. The standard InChI is InChI=1S/C20H31N7O.ClH/c1-17-2-6-25(7-3-17)19-20(22-5-4-21-19)26-10-8-24(9-11-26)15-18-14-23-27(16-18)12-13-28;/h4-5,14,16-17,28H,2-3,6-13,15H2,1H3;1H. The summed E-state index contributed by atoms with van der Waals surface area (Å²) in [7, 11) is 0. The van der Waals surface area contributed by atoms with Gasteiger partial charge in [0.25, 0.3) is 0 Å². The number of halogens is 1. The van der Waals surface area contributed by atoms with Crippen LogP contribution in [0.4, 0.5) is 11.6 Å². The van der Waals surface area contributed by atoms with Crippen molar-refractivity contribution in [3.05, 3.63) is 30.4 Å². The Kier molecular flexibility index (Phi) is 7.69. The fraction of sp³-hybridized carbons (Fsp3) is 0.650. The van der Waals surface area contributed by atoms with Gasteiger partial charge >= 0.3 is 0 Å². The van der Waals surface area contributed by atoms with Crippen LogP contribution >= 0.6 is 12.4 Å². The van der Waals surface area contributed by atoms with Gasteiger partial charge in [0.1, 0.15) is 0 Å². The Morgan fingerprint density at radius 3 is 2.21 bits per heavy atom. The lowest BCUT2D eigenvalue weighted by molar-refractivity contribution is 0.248. The molecule has 2 aliphatic rings. The summed E-state index contributed by atoms with van der Waals surface area (Å²) in [5, 5.41) is 13.3. The first kappa shape index (κ1) is 21.8. The van der Waals surface area contributed by atoms with E-state index in [-0.39, 0.29) is 19.0 Å². The second-order valence-corrected chi connectivity index (χ2v) is 7.97. The van der Waals surface area contributed by atoms with Crippen molar-refractivity contribution in [1.29, 1.82) is 0 Å². The van der Waals surface area contributed by atoms with Gasteiger partial charge in [-0.15, -0.1) is 12.4 Å². The summed E-state index contributed by atoms with van der Waals surface area (Å²) in [4.78, 5) is 16.6. The molecule has 2 fully saturated rings. The van der Waals surface area contributed by atoms with E-state index in [1.54, 1.807) is 4.68 Å². The lowest BCUT2D eigenvalue weighted by Gasteiger charge is -2.38. The molecule has 2 saturated heterocycles. The topological polar surface area (TPSA) is 73.6 Å². The van der Waals surface area contributed by atoms with Crippen molar-refractivity contribution in [3.63, 3.8) is 0 Å². The molecule has 1 N–H and O–H groups in total. The molecular formula is C20H32ClN7O. The van der Waals surface area contributed by atoms with E-state index < -0.39 is 0 Å². The monoisotopic (exact) mass is 421 g/mol. The minimum atomic E-state index is 0. The number of hydrogen-bond donors (Lipinski definition) is 1. The molecule has 4 rings (SSSR count). The molecule has 0 radical (unpaired) electrons. The van der Waals surface area contributed by atoms with Crippen LogP contribution in [-0.4, -0.2) is 75.6 Å². The van der Waals surface area contributed by atoms with E-state index in [1.165, 1.54) is 18.4 Å². The molecule has 2 aromatic rings. The zero-order valence-electron chi connectivity index (χ0n) is 17.2. The van der Waals surface area contributed by atoms with Crippen LogP contribution in [0.15, 0.2) is 24.8 Å². The van der Waals surface area contributed by atoms with Gasteiger partial charge < -0.3 is 14.9 Å². The van der Waals surface area contributed by atoms with Gasteiger partial charge in [-0.25, -0.2) is 9.97 Å². The Labute approximate surface area is 178 Å². The van der Waals surface area contributed by atoms with Crippen molar-refractivity contribution in [2.24, 2.45) is 5.92 Å². The molecular weight excluding hydrogens is 390 g/mol. The molecule has 0 atom stereocenters. The van der Waals surface area contributed by atoms with Crippen molar-refractivity contribution < 1.29 is 5.11 Å². The van der Waals surface area contributed by atoms with Crippen LogP contribution in [0.1, 0.15) is 25.3 Å². The van der Waals surface area contributed by atoms with E-state index in [0.717, 1.165) is 63.4 Å². The molecule has 0 bridgehead atoms. The zero-order chi connectivity index (χ0) is 19.3. The van der Waals surface area contributed by atoms with Crippen LogP contribution in [-0.2, 0) is 13.1 Å². The average Bonchev–Trinajstić information content (AvgIpc) is 3.16. The van der Waals surface area contributed by atoms with E-state index in [0.29, 0.717) is 6.54 Å². The molecule has 2 aliphatic heterocycles. The highest BCUT2D eigenvalue weighted by Gasteiger charge is 2.25. The summed E-state index contributed by atoms with van der Waals surface area (Å²) in [5.41, 5.74) is 1.20. The predicted molar refractivity (Wildman–Crippen MR) is 117 cm³/mol. The first-order valence-corrected chi connectivity index (χ1v) is 10.4. The van der Waals surface area contributed by atoms with Gasteiger partial charge in [-0.05, 0) is 18.8 Å².